The molecule has 0 amide bonds. The van der Waals surface area contributed by atoms with Crippen LogP contribution in [0.4, 0.5) is 0 Å². The second-order valence-electron chi connectivity index (χ2n) is 41.4. The van der Waals surface area contributed by atoms with Crippen LogP contribution >= 0.6 is 0 Å². The zero-order chi connectivity index (χ0) is 98.5. The number of rotatable bonds is 39. The van der Waals surface area contributed by atoms with Crippen molar-refractivity contribution >= 4 is 218 Å². The van der Waals surface area contributed by atoms with Crippen molar-refractivity contribution in [1.82, 2.24) is 36.5 Å². The predicted octanol–water partition coefficient (Wildman–Crippen LogP) is 30.9. The highest BCUT2D eigenvalue weighted by Gasteiger charge is 2.27. The minimum absolute atomic E-state index is 0.137. The topological polar surface area (TPSA) is 176 Å². The van der Waals surface area contributed by atoms with E-state index in [1.165, 1.54) is 0 Å². The lowest BCUT2D eigenvalue weighted by atomic mass is 9.99. The Morgan fingerprint density at radius 2 is 0.231 bits per heavy atom. The quantitative estimate of drug-likeness (QED) is 0.0270. The molecule has 0 saturated carbocycles. The number of benzene rings is 12. The van der Waals surface area contributed by atoms with E-state index in [2.05, 4.69) is 189 Å². The molecule has 74 rings (SSSR count). The maximum absolute atomic E-state index is 16.1. The summed E-state index contributed by atoms with van der Waals surface area (Å²) in [5.74, 6) is 0. The van der Waals surface area contributed by atoms with E-state index in [1.807, 2.05) is 97.1 Å². The number of aromatic nitrogens is 8. The maximum atomic E-state index is 16.1. The first-order chi connectivity index (χ1) is 70.0. The van der Waals surface area contributed by atoms with E-state index in [1.54, 1.807) is 0 Å². The van der Waals surface area contributed by atoms with Gasteiger partial charge in [0.2, 0.25) is 0 Å². The molecule has 0 spiro atoms. The molecule has 0 aliphatic carbocycles. The van der Waals surface area contributed by atoms with Crippen molar-refractivity contribution in [2.45, 2.75) is 307 Å². The van der Waals surface area contributed by atoms with Crippen molar-refractivity contribution in [2.75, 3.05) is 0 Å². The number of pyridine rings is 8. The molecule has 0 aliphatic heterocycles. The number of unbranched alkanes of at least 4 members (excludes halogenated alkanes) is 23. The third kappa shape index (κ3) is 17.2. The molecule has 730 valence electrons. The second kappa shape index (κ2) is 41.0. The molecule has 143 heavy (non-hydrogen) atoms. The summed E-state index contributed by atoms with van der Waals surface area (Å²) in [6, 6.07) is 65.1. The van der Waals surface area contributed by atoms with Gasteiger partial charge in [-0.05, 0) is 240 Å². The summed E-state index contributed by atoms with van der Waals surface area (Å²) in [5, 5.41) is 14.9. The van der Waals surface area contributed by atoms with Crippen LogP contribution < -0.4 is 43.4 Å². The third-order valence-corrected chi connectivity index (χ3v) is 32.0. The Balaban J connectivity index is 0.854. The molecule has 0 atom stereocenters. The SMILES string of the molecule is CCCCCCn1c2ccc3cc2c(=O)c2cc4c(cc21)c(=O)c1cc(ccc1n4CCCCC)c1ccc2c(c1)c(=O)c1cc4c(cc1n2CCCCCC)c(=O)c1cc(ccc1n4CCCCCC)c1ccc2c(c1)c(=O)c1cc4c(cc1n2CCCCCC)c(=O)c1cc(ccc1n4CCCCCC)c1ccc2c(c1)c(=O)c1cc4c(cc1n2CCCCCC)c(=O)c1cc3ccc1n4CCCCCC. The van der Waals surface area contributed by atoms with Crippen LogP contribution in [0.25, 0.3) is 218 Å². The van der Waals surface area contributed by atoms with E-state index < -0.39 is 0 Å². The molecule has 16 nitrogen and oxygen atoms in total. The average Bonchev–Trinajstić information content (AvgIpc) is 0.725. The highest BCUT2D eigenvalue weighted by molar-refractivity contribution is 6.13. The van der Waals surface area contributed by atoms with Gasteiger partial charge in [-0.1, -0.05) is 252 Å². The first-order valence-electron chi connectivity index (χ1n) is 54.4. The molecule has 62 heterocycles. The summed E-state index contributed by atoms with van der Waals surface area (Å²) >= 11 is 0. The van der Waals surface area contributed by atoms with E-state index in [9.17, 15) is 0 Å². The van der Waals surface area contributed by atoms with E-state index >= 15 is 38.4 Å². The van der Waals surface area contributed by atoms with Gasteiger partial charge in [0, 0.05) is 139 Å². The van der Waals surface area contributed by atoms with Gasteiger partial charge >= 0.3 is 0 Å². The molecular weight excluding hydrogens is 1770 g/mol. The minimum Gasteiger partial charge on any atom is -0.340 e. The number of hydrogen-bond acceptors (Lipinski definition) is 8. The fourth-order valence-corrected chi connectivity index (χ4v) is 24.1. The van der Waals surface area contributed by atoms with E-state index in [4.69, 9.17) is 0 Å². The van der Waals surface area contributed by atoms with Crippen LogP contribution in [0.5, 0.6) is 0 Å². The van der Waals surface area contributed by atoms with Gasteiger partial charge < -0.3 is 36.5 Å². The average molecular weight is 1900 g/mol. The highest BCUT2D eigenvalue weighted by atomic mass is 16.1. The largest absolute Gasteiger partial charge is 0.340 e. The molecule has 16 heteroatoms. The summed E-state index contributed by atoms with van der Waals surface area (Å²) in [5.41, 5.74) is 10.6. The number of aryl methyl sites for hydroxylation is 8. The Morgan fingerprint density at radius 1 is 0.126 bits per heavy atom. The van der Waals surface area contributed by atoms with Gasteiger partial charge in [0.25, 0.3) is 0 Å². The fraction of sp³-hybridized carbons (Fsp3) is 0.370. The van der Waals surface area contributed by atoms with Crippen LogP contribution in [0.2, 0.25) is 0 Å². The van der Waals surface area contributed by atoms with Crippen molar-refractivity contribution in [3.05, 3.63) is 276 Å². The van der Waals surface area contributed by atoms with Crippen molar-refractivity contribution in [1.29, 1.82) is 0 Å². The lowest BCUT2D eigenvalue weighted by Crippen LogP contribution is -2.16. The maximum Gasteiger partial charge on any atom is 0.197 e. The van der Waals surface area contributed by atoms with Crippen molar-refractivity contribution < 1.29 is 0 Å². The van der Waals surface area contributed by atoms with Gasteiger partial charge in [-0.25, -0.2) is 0 Å². The van der Waals surface area contributed by atoms with Gasteiger partial charge in [0.15, 0.2) is 43.4 Å². The summed E-state index contributed by atoms with van der Waals surface area (Å²) in [6.07, 6.45) is 30.3. The molecule has 12 aromatic carbocycles. The van der Waals surface area contributed by atoms with E-state index in [0.717, 1.165) is 286 Å². The predicted molar refractivity (Wildman–Crippen MR) is 608 cm³/mol. The summed E-state index contributed by atoms with van der Waals surface area (Å²) < 4.78 is 18.1. The van der Waals surface area contributed by atoms with E-state index in [0.29, 0.717) is 183 Å². The summed E-state index contributed by atoms with van der Waals surface area (Å²) in [7, 11) is 0. The molecular formula is C127H134N8O8. The molecule has 0 fully saturated rings. The smallest absolute Gasteiger partial charge is 0.197 e. The van der Waals surface area contributed by atoms with Crippen molar-refractivity contribution in [3.8, 4) is 0 Å². The van der Waals surface area contributed by atoms with Crippen LogP contribution in [-0.2, 0) is 52.4 Å². The number of hydrogen-bond donors (Lipinski definition) is 0. The standard InChI is InChI=1S/C127H134N8O8/c1-9-17-25-33-57-129-105-50-42-82-66-89(105)121(137)97-72-112-96(73-113(97)129)120(136)88-64-80(40-48-104(88)128(112)56-32-24-16-8)81-41-49-106-90(65-81)122(138)98-74-115-99(75-114(98)130(106)58-34-26-18-10-2)124(140)92-68-84(44-52-108(92)132(115)60-36-28-20-12-4)85-46-54-110-94(69-85)126(142)102-78-119-103(79-118(102)134(110)62-38-30-22-14-6)127(143)95-71-87(47-55-111(95)135(119)63-39-31-23-15-7)86-45-53-109-93(70-86)125(141)101-77-116-100(76-117(101)133(109)61-37-29-21-13-5)123(139)91-67-83(82)43-51-107(91)131(116)59-35-27-19-11-3/h40-55,64-79H,9-39,56-63H2,1-8H3. The molecule has 0 aliphatic rings. The lowest BCUT2D eigenvalue weighted by molar-refractivity contribution is 0.600. The first-order valence-corrected chi connectivity index (χ1v) is 54.4. The molecule has 74 aromatic rings. The molecule has 0 N–H and O–H groups in total. The zero-order valence-corrected chi connectivity index (χ0v) is 84.9. The summed E-state index contributed by atoms with van der Waals surface area (Å²) in [6.45, 7) is 22.5. The Hall–Kier alpha value is -13.6. The van der Waals surface area contributed by atoms with Crippen LogP contribution in [0.3, 0.4) is 0 Å². The van der Waals surface area contributed by atoms with Crippen molar-refractivity contribution in [3.63, 3.8) is 0 Å². The lowest BCUT2D eigenvalue weighted by Gasteiger charge is -2.20. The van der Waals surface area contributed by atoms with Crippen LogP contribution in [0, 0.1) is 0 Å². The van der Waals surface area contributed by atoms with E-state index in [-0.39, 0.29) is 43.4 Å². The molecule has 62 aromatic heterocycles. The minimum atomic E-state index is -0.140. The first kappa shape index (κ1) is 95.6. The zero-order valence-electron chi connectivity index (χ0n) is 84.9. The van der Waals surface area contributed by atoms with Crippen molar-refractivity contribution in [2.24, 2.45) is 0 Å². The molecule has 0 unspecified atom stereocenters. The second-order valence-corrected chi connectivity index (χ2v) is 41.4. The summed E-state index contributed by atoms with van der Waals surface area (Å²) in [4.78, 5) is 129. The van der Waals surface area contributed by atoms with Gasteiger partial charge in [0.05, 0.1) is 88.3 Å². The van der Waals surface area contributed by atoms with Gasteiger partial charge in [-0.2, -0.15) is 0 Å². The Bertz CT molecular complexity index is 8580. The molecule has 0 saturated heterocycles. The van der Waals surface area contributed by atoms with Crippen LogP contribution in [0.15, 0.2) is 232 Å². The monoisotopic (exact) mass is 1900 g/mol. The van der Waals surface area contributed by atoms with Crippen LogP contribution in [0.1, 0.15) is 254 Å². The fourth-order valence-electron chi connectivity index (χ4n) is 24.1. The normalized spacial score (nSPS) is 12.4. The van der Waals surface area contributed by atoms with Crippen LogP contribution in [-0.4, -0.2) is 36.5 Å². The van der Waals surface area contributed by atoms with Gasteiger partial charge in [-0.3, -0.25) is 38.4 Å². The molecule has 0 radical (unpaired) electrons. The molecule has 40 bridgehead atoms. The third-order valence-electron chi connectivity index (χ3n) is 32.0. The number of nitrogens with zero attached hydrogens (tertiary/aromatic N) is 8. The Labute approximate surface area is 831 Å². The van der Waals surface area contributed by atoms with Gasteiger partial charge in [-0.15, -0.1) is 0 Å². The van der Waals surface area contributed by atoms with Gasteiger partial charge in [0.1, 0.15) is 0 Å². The Kier molecular flexibility index (Phi) is 27.4. The highest BCUT2D eigenvalue weighted by Crippen LogP contribution is 2.39. The Morgan fingerprint density at radius 3 is 0.350 bits per heavy atom.